The molecule has 9 nitrogen and oxygen atoms in total. The molecule has 0 aliphatic carbocycles. The highest BCUT2D eigenvalue weighted by Crippen LogP contribution is 2.24. The molecule has 1 saturated heterocycles. The third kappa shape index (κ3) is 6.04. The number of amides is 2. The van der Waals surface area contributed by atoms with Gasteiger partial charge in [0.25, 0.3) is 17.5 Å². The van der Waals surface area contributed by atoms with Gasteiger partial charge in [0, 0.05) is 57.1 Å². The van der Waals surface area contributed by atoms with E-state index in [9.17, 15) is 19.7 Å². The van der Waals surface area contributed by atoms with E-state index in [2.05, 4.69) is 15.5 Å². The molecular weight excluding hydrogens is 410 g/mol. The van der Waals surface area contributed by atoms with Crippen molar-refractivity contribution < 1.29 is 14.5 Å². The van der Waals surface area contributed by atoms with E-state index < -0.39 is 10.8 Å². The minimum atomic E-state index is -0.523. The fourth-order valence-electron chi connectivity index (χ4n) is 3.70. The van der Waals surface area contributed by atoms with Gasteiger partial charge in [0.05, 0.1) is 10.5 Å². The number of nitro groups is 1. The lowest BCUT2D eigenvalue weighted by Crippen LogP contribution is -2.33. The lowest BCUT2D eigenvalue weighted by molar-refractivity contribution is -0.384. The Balaban J connectivity index is 1.55. The number of carbonyl (C=O) groups excluding carboxylic acids is 2. The van der Waals surface area contributed by atoms with Crippen LogP contribution in [-0.2, 0) is 6.54 Å². The summed E-state index contributed by atoms with van der Waals surface area (Å²) in [5.41, 5.74) is 2.08. The maximum Gasteiger partial charge on any atom is 0.270 e. The molecule has 0 saturated carbocycles. The fraction of sp³-hybridized carbons (Fsp3) is 0.391. The maximum atomic E-state index is 12.7. The van der Waals surface area contributed by atoms with Crippen LogP contribution >= 0.6 is 0 Å². The standard InChI is InChI=1S/C23H29N5O4/c1-26(2)21-10-9-19(28(31)32)15-20(21)23(30)25-16-17-5-7-18(8-6-17)22(29)24-11-14-27-12-3-4-13-27/h5-10,15H,3-4,11-14,16H2,1-2H3,(H,24,29)(H,25,30). The van der Waals surface area contributed by atoms with Gasteiger partial charge in [0.15, 0.2) is 0 Å². The molecule has 1 heterocycles. The lowest BCUT2D eigenvalue weighted by atomic mass is 10.1. The Hall–Kier alpha value is -3.46. The van der Waals surface area contributed by atoms with Gasteiger partial charge in [-0.1, -0.05) is 12.1 Å². The summed E-state index contributed by atoms with van der Waals surface area (Å²) in [7, 11) is 3.54. The largest absolute Gasteiger partial charge is 0.377 e. The normalized spacial score (nSPS) is 13.6. The molecule has 2 N–H and O–H groups in total. The Morgan fingerprint density at radius 3 is 2.34 bits per heavy atom. The number of likely N-dealkylation sites (tertiary alicyclic amines) is 1. The van der Waals surface area contributed by atoms with Crippen LogP contribution in [0.4, 0.5) is 11.4 Å². The average Bonchev–Trinajstić information content (AvgIpc) is 3.30. The lowest BCUT2D eigenvalue weighted by Gasteiger charge is -2.17. The minimum absolute atomic E-state index is 0.119. The second-order valence-electron chi connectivity index (χ2n) is 8.04. The van der Waals surface area contributed by atoms with Crippen LogP contribution in [0, 0.1) is 10.1 Å². The van der Waals surface area contributed by atoms with Crippen molar-refractivity contribution in [2.24, 2.45) is 0 Å². The highest BCUT2D eigenvalue weighted by molar-refractivity contribution is 6.00. The molecule has 0 unspecified atom stereocenters. The monoisotopic (exact) mass is 439 g/mol. The Kier molecular flexibility index (Phi) is 7.77. The van der Waals surface area contributed by atoms with Crippen molar-refractivity contribution in [3.63, 3.8) is 0 Å². The number of carbonyl (C=O) groups is 2. The van der Waals surface area contributed by atoms with Crippen LogP contribution in [-0.4, -0.2) is 61.9 Å². The molecule has 1 fully saturated rings. The molecule has 2 aromatic rings. The first-order valence-electron chi connectivity index (χ1n) is 10.7. The number of hydrogen-bond donors (Lipinski definition) is 2. The number of anilines is 1. The summed E-state index contributed by atoms with van der Waals surface area (Å²) in [5.74, 6) is -0.520. The van der Waals surface area contributed by atoms with Crippen LogP contribution in [0.25, 0.3) is 0 Å². The smallest absolute Gasteiger partial charge is 0.270 e. The first-order chi connectivity index (χ1) is 15.3. The number of rotatable bonds is 9. The maximum absolute atomic E-state index is 12.7. The van der Waals surface area contributed by atoms with Crippen LogP contribution in [0.5, 0.6) is 0 Å². The van der Waals surface area contributed by atoms with E-state index in [1.165, 1.54) is 25.0 Å². The van der Waals surface area contributed by atoms with Crippen molar-refractivity contribution in [1.82, 2.24) is 15.5 Å². The van der Waals surface area contributed by atoms with Gasteiger partial charge in [-0.15, -0.1) is 0 Å². The summed E-state index contributed by atoms with van der Waals surface area (Å²) in [6.45, 7) is 3.92. The molecule has 1 aliphatic rings. The number of nitrogens with zero attached hydrogens (tertiary/aromatic N) is 3. The summed E-state index contributed by atoms with van der Waals surface area (Å²) in [6.07, 6.45) is 2.45. The number of nitrogens with one attached hydrogen (secondary N) is 2. The summed E-state index contributed by atoms with van der Waals surface area (Å²) in [5, 5.41) is 16.8. The third-order valence-electron chi connectivity index (χ3n) is 5.50. The number of hydrogen-bond acceptors (Lipinski definition) is 6. The molecule has 0 aromatic heterocycles. The van der Waals surface area contributed by atoms with Gasteiger partial charge >= 0.3 is 0 Å². The van der Waals surface area contributed by atoms with Crippen LogP contribution in [0.1, 0.15) is 39.1 Å². The van der Waals surface area contributed by atoms with E-state index in [0.29, 0.717) is 17.8 Å². The molecule has 0 bridgehead atoms. The zero-order valence-electron chi connectivity index (χ0n) is 18.5. The van der Waals surface area contributed by atoms with Gasteiger partial charge in [-0.2, -0.15) is 0 Å². The summed E-state index contributed by atoms with van der Waals surface area (Å²) in [4.78, 5) is 39.6. The first-order valence-corrected chi connectivity index (χ1v) is 10.7. The van der Waals surface area contributed by atoms with Gasteiger partial charge < -0.3 is 20.4 Å². The molecule has 170 valence electrons. The zero-order valence-corrected chi connectivity index (χ0v) is 18.5. The van der Waals surface area contributed by atoms with E-state index in [1.54, 1.807) is 49.3 Å². The van der Waals surface area contributed by atoms with Crippen LogP contribution in [0.2, 0.25) is 0 Å². The van der Waals surface area contributed by atoms with E-state index in [4.69, 9.17) is 0 Å². The van der Waals surface area contributed by atoms with Gasteiger partial charge in [0.2, 0.25) is 0 Å². The van der Waals surface area contributed by atoms with E-state index in [-0.39, 0.29) is 23.7 Å². The molecule has 0 atom stereocenters. The summed E-state index contributed by atoms with van der Waals surface area (Å²) in [6, 6.07) is 11.2. The molecule has 0 radical (unpaired) electrons. The van der Waals surface area contributed by atoms with Crippen molar-refractivity contribution in [3.8, 4) is 0 Å². The van der Waals surface area contributed by atoms with Gasteiger partial charge in [-0.3, -0.25) is 19.7 Å². The molecule has 3 rings (SSSR count). The zero-order chi connectivity index (χ0) is 23.1. The fourth-order valence-corrected chi connectivity index (χ4v) is 3.70. The van der Waals surface area contributed by atoms with Crippen molar-refractivity contribution in [1.29, 1.82) is 0 Å². The van der Waals surface area contributed by atoms with Crippen molar-refractivity contribution >= 4 is 23.2 Å². The predicted molar refractivity (Wildman–Crippen MR) is 123 cm³/mol. The van der Waals surface area contributed by atoms with Crippen molar-refractivity contribution in [2.75, 3.05) is 45.2 Å². The number of benzene rings is 2. The second-order valence-corrected chi connectivity index (χ2v) is 8.04. The van der Waals surface area contributed by atoms with Gasteiger partial charge in [0.1, 0.15) is 0 Å². The molecular formula is C23H29N5O4. The molecule has 2 amide bonds. The van der Waals surface area contributed by atoms with Crippen LogP contribution < -0.4 is 15.5 Å². The molecule has 0 spiro atoms. The highest BCUT2D eigenvalue weighted by atomic mass is 16.6. The van der Waals surface area contributed by atoms with Crippen molar-refractivity contribution in [2.45, 2.75) is 19.4 Å². The Labute approximate surface area is 187 Å². The second kappa shape index (κ2) is 10.7. The number of nitro benzene ring substituents is 1. The van der Waals surface area contributed by atoms with Crippen LogP contribution in [0.15, 0.2) is 42.5 Å². The topological polar surface area (TPSA) is 108 Å². The molecule has 1 aliphatic heterocycles. The predicted octanol–water partition coefficient (Wildman–Crippen LogP) is 2.42. The van der Waals surface area contributed by atoms with Crippen molar-refractivity contribution in [3.05, 3.63) is 69.3 Å². The van der Waals surface area contributed by atoms with Crippen LogP contribution in [0.3, 0.4) is 0 Å². The van der Waals surface area contributed by atoms with Gasteiger partial charge in [-0.05, 0) is 49.7 Å². The Morgan fingerprint density at radius 2 is 1.72 bits per heavy atom. The van der Waals surface area contributed by atoms with E-state index in [1.807, 2.05) is 0 Å². The summed E-state index contributed by atoms with van der Waals surface area (Å²) >= 11 is 0. The highest BCUT2D eigenvalue weighted by Gasteiger charge is 2.18. The minimum Gasteiger partial charge on any atom is -0.377 e. The Bertz CT molecular complexity index is 969. The number of non-ortho nitro benzene ring substituents is 1. The third-order valence-corrected chi connectivity index (χ3v) is 5.50. The van der Waals surface area contributed by atoms with Gasteiger partial charge in [-0.25, -0.2) is 0 Å². The molecule has 32 heavy (non-hydrogen) atoms. The molecule has 2 aromatic carbocycles. The SMILES string of the molecule is CN(C)c1ccc([N+](=O)[O-])cc1C(=O)NCc1ccc(C(=O)NCCN2CCCC2)cc1. The Morgan fingerprint density at radius 1 is 1.03 bits per heavy atom. The first kappa shape index (κ1) is 23.2. The average molecular weight is 440 g/mol. The quantitative estimate of drug-likeness (QED) is 0.459. The van der Waals surface area contributed by atoms with E-state index >= 15 is 0 Å². The summed E-state index contributed by atoms with van der Waals surface area (Å²) < 4.78 is 0. The van der Waals surface area contributed by atoms with E-state index in [0.717, 1.165) is 25.2 Å². The molecule has 9 heteroatoms.